The van der Waals surface area contributed by atoms with Gasteiger partial charge in [0.15, 0.2) is 0 Å². The highest BCUT2D eigenvalue weighted by atomic mass is 16.3. The number of hydrogen-bond acceptors (Lipinski definition) is 3. The lowest BCUT2D eigenvalue weighted by molar-refractivity contribution is 0.484. The van der Waals surface area contributed by atoms with Crippen LogP contribution < -0.4 is 5.32 Å². The Kier molecular flexibility index (Phi) is 4.15. The lowest BCUT2D eigenvalue weighted by atomic mass is 9.99. The predicted octanol–water partition coefficient (Wildman–Crippen LogP) is 4.20. The van der Waals surface area contributed by atoms with Crippen LogP contribution in [0.15, 0.2) is 21.0 Å². The summed E-state index contributed by atoms with van der Waals surface area (Å²) in [5, 5.41) is 3.59. The van der Waals surface area contributed by atoms with Crippen LogP contribution in [-0.2, 0) is 0 Å². The summed E-state index contributed by atoms with van der Waals surface area (Å²) in [6.45, 7) is 11.2. The predicted molar refractivity (Wildman–Crippen MR) is 76.5 cm³/mol. The minimum atomic E-state index is 0.148. The molecule has 2 rings (SSSR count). The van der Waals surface area contributed by atoms with Gasteiger partial charge in [-0.25, -0.2) is 0 Å². The Balaban J connectivity index is 2.41. The quantitative estimate of drug-likeness (QED) is 0.876. The largest absolute Gasteiger partial charge is 0.466 e. The van der Waals surface area contributed by atoms with Crippen molar-refractivity contribution in [3.8, 4) is 0 Å². The molecule has 0 aliphatic carbocycles. The van der Waals surface area contributed by atoms with Crippen molar-refractivity contribution < 1.29 is 8.83 Å². The Labute approximate surface area is 115 Å². The molecule has 0 radical (unpaired) electrons. The lowest BCUT2D eigenvalue weighted by Gasteiger charge is -2.17. The fourth-order valence-electron chi connectivity index (χ4n) is 2.55. The van der Waals surface area contributed by atoms with E-state index in [9.17, 15) is 0 Å². The third-order valence-electron chi connectivity index (χ3n) is 3.38. The zero-order chi connectivity index (χ0) is 14.0. The first-order valence-electron chi connectivity index (χ1n) is 6.90. The number of nitrogens with one attached hydrogen (secondary N) is 1. The number of hydrogen-bond donors (Lipinski definition) is 1. The molecule has 0 aliphatic heterocycles. The number of furan rings is 2. The van der Waals surface area contributed by atoms with Gasteiger partial charge in [-0.3, -0.25) is 0 Å². The first-order valence-corrected chi connectivity index (χ1v) is 6.90. The van der Waals surface area contributed by atoms with Crippen molar-refractivity contribution in [1.82, 2.24) is 5.32 Å². The van der Waals surface area contributed by atoms with Crippen LogP contribution in [0.3, 0.4) is 0 Å². The molecule has 0 bridgehead atoms. The van der Waals surface area contributed by atoms with Crippen molar-refractivity contribution >= 4 is 0 Å². The maximum absolute atomic E-state index is 5.67. The van der Waals surface area contributed by atoms with Gasteiger partial charge in [0.2, 0.25) is 0 Å². The van der Waals surface area contributed by atoms with E-state index < -0.39 is 0 Å². The van der Waals surface area contributed by atoms with Gasteiger partial charge in [-0.1, -0.05) is 6.92 Å². The molecule has 3 nitrogen and oxygen atoms in total. The highest BCUT2D eigenvalue weighted by molar-refractivity contribution is 5.36. The molecule has 104 valence electrons. The number of rotatable bonds is 5. The Morgan fingerprint density at radius 1 is 0.947 bits per heavy atom. The minimum absolute atomic E-state index is 0.148. The average molecular weight is 261 g/mol. The Morgan fingerprint density at radius 3 is 1.74 bits per heavy atom. The van der Waals surface area contributed by atoms with Crippen molar-refractivity contribution in [1.29, 1.82) is 0 Å². The summed E-state index contributed by atoms with van der Waals surface area (Å²) in [5.41, 5.74) is 2.41. The zero-order valence-corrected chi connectivity index (χ0v) is 12.5. The van der Waals surface area contributed by atoms with Crippen molar-refractivity contribution in [3.05, 3.63) is 46.3 Å². The first-order chi connectivity index (χ1) is 9.02. The van der Waals surface area contributed by atoms with Gasteiger partial charge in [0.05, 0.1) is 6.04 Å². The summed E-state index contributed by atoms with van der Waals surface area (Å²) in [6.07, 6.45) is 1.10. The molecule has 0 fully saturated rings. The highest BCUT2D eigenvalue weighted by Crippen LogP contribution is 2.31. The van der Waals surface area contributed by atoms with Crippen LogP contribution >= 0.6 is 0 Å². The second kappa shape index (κ2) is 5.66. The molecule has 2 aromatic heterocycles. The van der Waals surface area contributed by atoms with E-state index in [0.717, 1.165) is 36.0 Å². The molecule has 0 unspecified atom stereocenters. The molecule has 2 heterocycles. The van der Waals surface area contributed by atoms with Crippen LogP contribution in [0.25, 0.3) is 0 Å². The van der Waals surface area contributed by atoms with Crippen LogP contribution in [0.2, 0.25) is 0 Å². The van der Waals surface area contributed by atoms with E-state index in [4.69, 9.17) is 8.83 Å². The van der Waals surface area contributed by atoms with E-state index in [0.29, 0.717) is 0 Å². The second-order valence-electron chi connectivity index (χ2n) is 5.12. The Bertz CT molecular complexity index is 505. The standard InChI is InChI=1S/C16H23NO2/c1-6-7-17-16(14-8-10(2)18-12(14)4)15-9-11(3)19-13(15)5/h8-9,16-17H,6-7H2,1-5H3. The van der Waals surface area contributed by atoms with Gasteiger partial charge in [-0.15, -0.1) is 0 Å². The molecule has 0 aromatic carbocycles. The van der Waals surface area contributed by atoms with Gasteiger partial charge in [0.25, 0.3) is 0 Å². The monoisotopic (exact) mass is 261 g/mol. The summed E-state index contributed by atoms with van der Waals surface area (Å²) in [5.74, 6) is 3.86. The maximum atomic E-state index is 5.67. The summed E-state index contributed by atoms with van der Waals surface area (Å²) in [7, 11) is 0. The molecule has 19 heavy (non-hydrogen) atoms. The van der Waals surface area contributed by atoms with Crippen LogP contribution in [-0.4, -0.2) is 6.54 Å². The van der Waals surface area contributed by atoms with Crippen LogP contribution in [0.4, 0.5) is 0 Å². The Hall–Kier alpha value is -1.48. The molecule has 0 saturated heterocycles. The van der Waals surface area contributed by atoms with Gasteiger partial charge in [0, 0.05) is 11.1 Å². The molecule has 3 heteroatoms. The second-order valence-corrected chi connectivity index (χ2v) is 5.12. The van der Waals surface area contributed by atoms with E-state index in [2.05, 4.69) is 24.4 Å². The smallest absolute Gasteiger partial charge is 0.106 e. The molecule has 0 amide bonds. The third kappa shape index (κ3) is 2.92. The molecule has 0 atom stereocenters. The van der Waals surface area contributed by atoms with Gasteiger partial charge in [0.1, 0.15) is 23.0 Å². The molecule has 0 spiro atoms. The lowest BCUT2D eigenvalue weighted by Crippen LogP contribution is -2.23. The molecule has 0 saturated carbocycles. The van der Waals surface area contributed by atoms with Crippen LogP contribution in [0.1, 0.15) is 53.6 Å². The summed E-state index contributed by atoms with van der Waals surface area (Å²) >= 11 is 0. The van der Waals surface area contributed by atoms with E-state index >= 15 is 0 Å². The highest BCUT2D eigenvalue weighted by Gasteiger charge is 2.22. The summed E-state index contributed by atoms with van der Waals surface area (Å²) in [6, 6.07) is 4.38. The third-order valence-corrected chi connectivity index (χ3v) is 3.38. The fourth-order valence-corrected chi connectivity index (χ4v) is 2.55. The first kappa shape index (κ1) is 13.9. The van der Waals surface area contributed by atoms with E-state index in [1.807, 2.05) is 27.7 Å². The summed E-state index contributed by atoms with van der Waals surface area (Å²) in [4.78, 5) is 0. The van der Waals surface area contributed by atoms with Crippen molar-refractivity contribution in [3.63, 3.8) is 0 Å². The molecule has 2 aromatic rings. The van der Waals surface area contributed by atoms with Gasteiger partial charge < -0.3 is 14.2 Å². The summed E-state index contributed by atoms with van der Waals surface area (Å²) < 4.78 is 11.3. The molecular weight excluding hydrogens is 238 g/mol. The normalized spacial score (nSPS) is 11.5. The molecule has 1 N–H and O–H groups in total. The van der Waals surface area contributed by atoms with Crippen molar-refractivity contribution in [2.75, 3.05) is 6.54 Å². The van der Waals surface area contributed by atoms with Crippen molar-refractivity contribution in [2.24, 2.45) is 0 Å². The van der Waals surface area contributed by atoms with E-state index in [1.165, 1.54) is 11.1 Å². The van der Waals surface area contributed by atoms with E-state index in [-0.39, 0.29) is 6.04 Å². The van der Waals surface area contributed by atoms with Crippen molar-refractivity contribution in [2.45, 2.75) is 47.1 Å². The van der Waals surface area contributed by atoms with Gasteiger partial charge >= 0.3 is 0 Å². The van der Waals surface area contributed by atoms with Crippen LogP contribution in [0, 0.1) is 27.7 Å². The fraction of sp³-hybridized carbons (Fsp3) is 0.500. The molecule has 0 aliphatic rings. The van der Waals surface area contributed by atoms with Gasteiger partial charge in [-0.05, 0) is 52.8 Å². The molecular formula is C16H23NO2. The Morgan fingerprint density at radius 2 is 1.42 bits per heavy atom. The van der Waals surface area contributed by atoms with Crippen LogP contribution in [0.5, 0.6) is 0 Å². The van der Waals surface area contributed by atoms with E-state index in [1.54, 1.807) is 0 Å². The SMILES string of the molecule is CCCNC(c1cc(C)oc1C)c1cc(C)oc1C. The maximum Gasteiger partial charge on any atom is 0.106 e. The average Bonchev–Trinajstić information content (AvgIpc) is 2.83. The minimum Gasteiger partial charge on any atom is -0.466 e. The zero-order valence-electron chi connectivity index (χ0n) is 12.5. The number of aryl methyl sites for hydroxylation is 4. The van der Waals surface area contributed by atoms with Gasteiger partial charge in [-0.2, -0.15) is 0 Å². The topological polar surface area (TPSA) is 38.3 Å².